The van der Waals surface area contributed by atoms with Crippen molar-refractivity contribution >= 4 is 34.7 Å². The zero-order chi connectivity index (χ0) is 31.7. The average molecular weight is 595 g/mol. The van der Waals surface area contributed by atoms with Crippen LogP contribution >= 0.6 is 0 Å². The van der Waals surface area contributed by atoms with E-state index in [1.807, 2.05) is 63.2 Å². The van der Waals surface area contributed by atoms with Crippen LogP contribution in [0.25, 0.3) is 0 Å². The van der Waals surface area contributed by atoms with Crippen molar-refractivity contribution in [1.29, 1.82) is 0 Å². The van der Waals surface area contributed by atoms with Gasteiger partial charge in [0.25, 0.3) is 0 Å². The van der Waals surface area contributed by atoms with E-state index in [1.165, 1.54) is 0 Å². The van der Waals surface area contributed by atoms with E-state index < -0.39 is 11.4 Å². The van der Waals surface area contributed by atoms with Crippen molar-refractivity contribution in [2.75, 3.05) is 30.5 Å². The first-order valence-corrected chi connectivity index (χ1v) is 14.5. The fourth-order valence-electron chi connectivity index (χ4n) is 4.54. The molecule has 8 heteroatoms. The third-order valence-corrected chi connectivity index (χ3v) is 6.80. The van der Waals surface area contributed by atoms with Gasteiger partial charge in [0.1, 0.15) is 12.4 Å². The number of para-hydroxylation sites is 4. The number of carbonyl (C=O) groups is 3. The van der Waals surface area contributed by atoms with E-state index in [2.05, 4.69) is 5.32 Å². The van der Waals surface area contributed by atoms with Crippen LogP contribution < -0.4 is 24.4 Å². The van der Waals surface area contributed by atoms with Crippen molar-refractivity contribution in [2.45, 2.75) is 34.1 Å². The van der Waals surface area contributed by atoms with Gasteiger partial charge in [-0.2, -0.15) is 0 Å². The summed E-state index contributed by atoms with van der Waals surface area (Å²) in [4.78, 5) is 41.0. The van der Waals surface area contributed by atoms with Gasteiger partial charge < -0.3 is 24.4 Å². The SMILES string of the molecule is CCC(=O)Oc1c(Nc2ccccc2C(=O)c2ccccc2)cccc1OCCN(C(=O)C(C)(C)C)c1ccccc1OC. The molecule has 0 aromatic heterocycles. The van der Waals surface area contributed by atoms with Gasteiger partial charge >= 0.3 is 5.97 Å². The average Bonchev–Trinajstić information content (AvgIpc) is 3.04. The number of carbonyl (C=O) groups excluding carboxylic acids is 3. The molecule has 0 spiro atoms. The third kappa shape index (κ3) is 7.64. The second kappa shape index (κ2) is 14.4. The van der Waals surface area contributed by atoms with Crippen LogP contribution in [0.15, 0.2) is 97.1 Å². The molecule has 228 valence electrons. The van der Waals surface area contributed by atoms with E-state index >= 15 is 0 Å². The molecule has 8 nitrogen and oxygen atoms in total. The fraction of sp³-hybridized carbons (Fsp3) is 0.250. The smallest absolute Gasteiger partial charge is 0.311 e. The number of ketones is 1. The topological polar surface area (TPSA) is 94.2 Å². The molecule has 0 bridgehead atoms. The maximum absolute atomic E-state index is 13.5. The molecule has 44 heavy (non-hydrogen) atoms. The number of benzene rings is 4. The van der Waals surface area contributed by atoms with Crippen LogP contribution in [-0.2, 0) is 9.59 Å². The van der Waals surface area contributed by atoms with Gasteiger partial charge in [-0.1, -0.05) is 88.4 Å². The highest BCUT2D eigenvalue weighted by Gasteiger charge is 2.30. The van der Waals surface area contributed by atoms with Gasteiger partial charge in [0, 0.05) is 28.7 Å². The van der Waals surface area contributed by atoms with Crippen LogP contribution in [0.3, 0.4) is 0 Å². The first-order chi connectivity index (χ1) is 21.1. The Balaban J connectivity index is 1.63. The molecular formula is C36H38N2O6. The van der Waals surface area contributed by atoms with Crippen molar-refractivity contribution in [3.8, 4) is 17.2 Å². The lowest BCUT2D eigenvalue weighted by Gasteiger charge is -2.30. The van der Waals surface area contributed by atoms with Gasteiger partial charge in [-0.3, -0.25) is 14.4 Å². The molecule has 4 rings (SSSR count). The summed E-state index contributed by atoms with van der Waals surface area (Å²) in [7, 11) is 1.56. The minimum atomic E-state index is -0.656. The maximum atomic E-state index is 13.5. The molecule has 0 saturated carbocycles. The Morgan fingerprint density at radius 1 is 0.773 bits per heavy atom. The molecule has 1 amide bonds. The number of rotatable bonds is 12. The molecule has 4 aromatic rings. The minimum absolute atomic E-state index is 0.0988. The lowest BCUT2D eigenvalue weighted by Crippen LogP contribution is -2.42. The number of hydrogen-bond donors (Lipinski definition) is 1. The highest BCUT2D eigenvalue weighted by Crippen LogP contribution is 2.39. The largest absolute Gasteiger partial charge is 0.495 e. The Kier molecular flexibility index (Phi) is 10.4. The Bertz CT molecular complexity index is 1610. The zero-order valence-corrected chi connectivity index (χ0v) is 25.8. The predicted molar refractivity (Wildman–Crippen MR) is 172 cm³/mol. The molecular weight excluding hydrogens is 556 g/mol. The van der Waals surface area contributed by atoms with Crippen molar-refractivity contribution in [2.24, 2.45) is 5.41 Å². The molecule has 0 atom stereocenters. The zero-order valence-electron chi connectivity index (χ0n) is 25.8. The van der Waals surface area contributed by atoms with Crippen LogP contribution in [-0.4, -0.2) is 37.9 Å². The number of esters is 1. The van der Waals surface area contributed by atoms with Crippen molar-refractivity contribution < 1.29 is 28.6 Å². The monoisotopic (exact) mass is 594 g/mol. The van der Waals surface area contributed by atoms with Gasteiger partial charge in [0.15, 0.2) is 17.3 Å². The molecule has 1 N–H and O–H groups in total. The predicted octanol–water partition coefficient (Wildman–Crippen LogP) is 7.44. The van der Waals surface area contributed by atoms with Crippen molar-refractivity contribution in [3.63, 3.8) is 0 Å². The first kappa shape index (κ1) is 31.8. The van der Waals surface area contributed by atoms with Crippen LogP contribution in [0.5, 0.6) is 17.2 Å². The van der Waals surface area contributed by atoms with E-state index in [0.717, 1.165) is 0 Å². The Morgan fingerprint density at radius 2 is 1.41 bits per heavy atom. The van der Waals surface area contributed by atoms with E-state index in [1.54, 1.807) is 73.5 Å². The maximum Gasteiger partial charge on any atom is 0.311 e. The van der Waals surface area contributed by atoms with Gasteiger partial charge in [0.05, 0.1) is 25.0 Å². The number of nitrogens with zero attached hydrogens (tertiary/aromatic N) is 1. The molecule has 0 aliphatic carbocycles. The van der Waals surface area contributed by atoms with E-state index in [0.29, 0.717) is 39.7 Å². The second-order valence-corrected chi connectivity index (χ2v) is 11.1. The van der Waals surface area contributed by atoms with Crippen molar-refractivity contribution in [3.05, 3.63) is 108 Å². The van der Waals surface area contributed by atoms with Gasteiger partial charge in [0.2, 0.25) is 5.91 Å². The molecule has 0 aliphatic heterocycles. The van der Waals surface area contributed by atoms with Crippen LogP contribution in [0, 0.1) is 5.41 Å². The number of hydrogen-bond acceptors (Lipinski definition) is 7. The Hall–Kier alpha value is -5.11. The Labute approximate surface area is 258 Å². The van der Waals surface area contributed by atoms with Crippen LogP contribution in [0.4, 0.5) is 17.1 Å². The number of anilines is 3. The summed E-state index contributed by atoms with van der Waals surface area (Å²) in [5.41, 5.74) is 1.99. The fourth-order valence-corrected chi connectivity index (χ4v) is 4.54. The first-order valence-electron chi connectivity index (χ1n) is 14.5. The molecule has 4 aromatic carbocycles. The summed E-state index contributed by atoms with van der Waals surface area (Å²) in [6.07, 6.45) is 0.151. The number of ether oxygens (including phenoxy) is 3. The summed E-state index contributed by atoms with van der Waals surface area (Å²) in [6, 6.07) is 28.7. The lowest BCUT2D eigenvalue weighted by atomic mass is 9.94. The van der Waals surface area contributed by atoms with Crippen molar-refractivity contribution in [1.82, 2.24) is 0 Å². The molecule has 0 saturated heterocycles. The summed E-state index contributed by atoms with van der Waals surface area (Å²) >= 11 is 0. The normalized spacial score (nSPS) is 10.9. The number of methoxy groups -OCH3 is 1. The molecule has 0 unspecified atom stereocenters. The van der Waals surface area contributed by atoms with E-state index in [4.69, 9.17) is 14.2 Å². The molecule has 0 radical (unpaired) electrons. The highest BCUT2D eigenvalue weighted by molar-refractivity contribution is 6.12. The molecule has 0 heterocycles. The summed E-state index contributed by atoms with van der Waals surface area (Å²) < 4.78 is 17.5. The minimum Gasteiger partial charge on any atom is -0.495 e. The second-order valence-electron chi connectivity index (χ2n) is 11.1. The van der Waals surface area contributed by atoms with Gasteiger partial charge in [-0.05, 0) is 36.4 Å². The van der Waals surface area contributed by atoms with E-state index in [9.17, 15) is 14.4 Å². The van der Waals surface area contributed by atoms with Crippen LogP contribution in [0.2, 0.25) is 0 Å². The summed E-state index contributed by atoms with van der Waals surface area (Å²) in [6.45, 7) is 7.59. The van der Waals surface area contributed by atoms with Crippen LogP contribution in [0.1, 0.15) is 50.0 Å². The van der Waals surface area contributed by atoms with E-state index in [-0.39, 0.29) is 37.0 Å². The summed E-state index contributed by atoms with van der Waals surface area (Å²) in [5, 5.41) is 3.28. The molecule has 0 fully saturated rings. The standard InChI is InChI=1S/C36H38N2O6/c1-6-32(39)44-34-28(37-27-18-11-10-17-26(27)33(40)25-15-8-7-9-16-25)19-14-22-31(34)43-24-23-38(35(41)36(2,3)4)29-20-12-13-21-30(29)42-5/h7-22,37H,6,23-24H2,1-5H3. The van der Waals surface area contributed by atoms with Gasteiger partial charge in [-0.15, -0.1) is 0 Å². The quantitative estimate of drug-likeness (QED) is 0.103. The number of nitrogens with one attached hydrogen (secondary N) is 1. The highest BCUT2D eigenvalue weighted by atomic mass is 16.6. The van der Waals surface area contributed by atoms with Gasteiger partial charge in [-0.25, -0.2) is 0 Å². The third-order valence-electron chi connectivity index (χ3n) is 6.80. The summed E-state index contributed by atoms with van der Waals surface area (Å²) in [5.74, 6) is 0.375. The lowest BCUT2D eigenvalue weighted by molar-refractivity contribution is -0.134. The Morgan fingerprint density at radius 3 is 2.11 bits per heavy atom. The number of amides is 1. The molecule has 0 aliphatic rings.